The van der Waals surface area contributed by atoms with Crippen molar-refractivity contribution in [3.8, 4) is 11.4 Å². The van der Waals surface area contributed by atoms with Crippen molar-refractivity contribution in [2.75, 3.05) is 6.54 Å². The average molecular weight is 423 g/mol. The van der Waals surface area contributed by atoms with Crippen LogP contribution in [-0.2, 0) is 11.3 Å². The maximum Gasteiger partial charge on any atom is 0.321 e. The molecule has 0 saturated heterocycles. The van der Waals surface area contributed by atoms with E-state index in [-0.39, 0.29) is 0 Å². The lowest BCUT2D eigenvalue weighted by atomic mass is 10.1. The van der Waals surface area contributed by atoms with E-state index in [1.807, 2.05) is 47.0 Å². The molecule has 0 fully saturated rings. The van der Waals surface area contributed by atoms with Gasteiger partial charge in [-0.25, -0.2) is 4.79 Å². The summed E-state index contributed by atoms with van der Waals surface area (Å²) in [7, 11) is 0. The predicted molar refractivity (Wildman–Crippen MR) is 116 cm³/mol. The molecule has 1 unspecified atom stereocenters. The zero-order valence-electron chi connectivity index (χ0n) is 16.5. The second kappa shape index (κ2) is 10.4. The number of aromatic nitrogens is 4. The molecule has 3 aromatic rings. The third kappa shape index (κ3) is 5.12. The molecule has 0 spiro atoms. The van der Waals surface area contributed by atoms with Crippen molar-refractivity contribution >= 4 is 23.7 Å². The maximum atomic E-state index is 12.9. The number of pyridine rings is 1. The lowest BCUT2D eigenvalue weighted by Crippen LogP contribution is -2.41. The number of carbonyl (C=O) groups is 2. The zero-order valence-corrected chi connectivity index (χ0v) is 17.3. The molecule has 0 radical (unpaired) electrons. The van der Waals surface area contributed by atoms with Crippen molar-refractivity contribution in [1.29, 1.82) is 0 Å². The molecule has 0 saturated carbocycles. The van der Waals surface area contributed by atoms with E-state index in [0.717, 1.165) is 11.1 Å². The molecule has 2 heterocycles. The monoisotopic (exact) mass is 422 g/mol. The Bertz CT molecular complexity index is 1010. The van der Waals surface area contributed by atoms with Crippen molar-refractivity contribution in [3.05, 3.63) is 73.1 Å². The normalized spacial score (nSPS) is 11.5. The van der Waals surface area contributed by atoms with Gasteiger partial charge in [0.1, 0.15) is 5.25 Å². The Morgan fingerprint density at radius 1 is 1.17 bits per heavy atom. The molecule has 3 rings (SSSR count). The van der Waals surface area contributed by atoms with Crippen LogP contribution in [0, 0.1) is 0 Å². The summed E-state index contributed by atoms with van der Waals surface area (Å²) in [6, 6.07) is 12.4. The number of urea groups is 1. The Morgan fingerprint density at radius 2 is 1.90 bits per heavy atom. The van der Waals surface area contributed by atoms with Gasteiger partial charge in [-0.15, -0.1) is 16.8 Å². The Morgan fingerprint density at radius 3 is 2.57 bits per heavy atom. The summed E-state index contributed by atoms with van der Waals surface area (Å²) in [5, 5.41) is 13.4. The molecule has 154 valence electrons. The summed E-state index contributed by atoms with van der Waals surface area (Å²) >= 11 is 1.23. The van der Waals surface area contributed by atoms with Crippen molar-refractivity contribution in [2.24, 2.45) is 0 Å². The van der Waals surface area contributed by atoms with Crippen LogP contribution >= 0.6 is 11.8 Å². The number of rotatable bonds is 8. The van der Waals surface area contributed by atoms with Crippen LogP contribution in [0.1, 0.15) is 17.7 Å². The lowest BCUT2D eigenvalue weighted by molar-refractivity contribution is -0.119. The maximum absolute atomic E-state index is 12.9. The zero-order chi connectivity index (χ0) is 21.3. The quantitative estimate of drug-likeness (QED) is 0.427. The second-order valence-corrected chi connectivity index (χ2v) is 7.27. The number of carbonyl (C=O) groups excluding carboxylic acids is 2. The van der Waals surface area contributed by atoms with Gasteiger partial charge in [-0.2, -0.15) is 0 Å². The van der Waals surface area contributed by atoms with E-state index in [9.17, 15) is 9.59 Å². The first-order valence-electron chi connectivity index (χ1n) is 9.38. The number of nitrogens with one attached hydrogen (secondary N) is 2. The molecule has 0 aliphatic rings. The van der Waals surface area contributed by atoms with Gasteiger partial charge in [-0.1, -0.05) is 48.2 Å². The molecular weight excluding hydrogens is 400 g/mol. The van der Waals surface area contributed by atoms with Crippen LogP contribution in [0.2, 0.25) is 0 Å². The fourth-order valence-corrected chi connectivity index (χ4v) is 3.82. The standard InChI is InChI=1S/C21H22N6O2S/c1-3-14-27-18(16-10-12-22-13-11-16)25-26-21(27)30-17(15-8-6-5-7-9-15)19(28)24-20(29)23-4-2/h3,5-13,17H,1,4,14H2,2H3,(H2,23,24,28,29). The number of hydrogen-bond donors (Lipinski definition) is 2. The highest BCUT2D eigenvalue weighted by atomic mass is 32.2. The first kappa shape index (κ1) is 21.3. The molecule has 3 amide bonds. The number of benzene rings is 1. The number of allylic oxidation sites excluding steroid dienone is 1. The summed E-state index contributed by atoms with van der Waals surface area (Å²) in [5.41, 5.74) is 1.61. The molecule has 30 heavy (non-hydrogen) atoms. The molecule has 8 nitrogen and oxygen atoms in total. The first-order valence-corrected chi connectivity index (χ1v) is 10.3. The molecule has 2 aromatic heterocycles. The summed E-state index contributed by atoms with van der Waals surface area (Å²) in [6.45, 7) is 6.48. The third-order valence-electron chi connectivity index (χ3n) is 4.10. The van der Waals surface area contributed by atoms with E-state index < -0.39 is 17.2 Å². The smallest absolute Gasteiger partial charge is 0.321 e. The van der Waals surface area contributed by atoms with E-state index in [1.165, 1.54) is 11.8 Å². The van der Waals surface area contributed by atoms with Crippen LogP contribution in [0.5, 0.6) is 0 Å². The first-order chi connectivity index (χ1) is 14.6. The lowest BCUT2D eigenvalue weighted by Gasteiger charge is -2.17. The summed E-state index contributed by atoms with van der Waals surface area (Å²) < 4.78 is 1.88. The van der Waals surface area contributed by atoms with Gasteiger partial charge in [-0.05, 0) is 24.6 Å². The van der Waals surface area contributed by atoms with E-state index in [2.05, 4.69) is 32.4 Å². The van der Waals surface area contributed by atoms with Crippen molar-refractivity contribution in [1.82, 2.24) is 30.4 Å². The Kier molecular flexibility index (Phi) is 7.34. The van der Waals surface area contributed by atoms with Gasteiger partial charge in [0, 0.05) is 31.0 Å². The molecular formula is C21H22N6O2S. The van der Waals surface area contributed by atoms with Gasteiger partial charge in [0.25, 0.3) is 0 Å². The van der Waals surface area contributed by atoms with Gasteiger partial charge in [0.15, 0.2) is 11.0 Å². The van der Waals surface area contributed by atoms with Gasteiger partial charge in [-0.3, -0.25) is 19.7 Å². The minimum atomic E-state index is -0.688. The van der Waals surface area contributed by atoms with E-state index in [0.29, 0.717) is 24.1 Å². The predicted octanol–water partition coefficient (Wildman–Crippen LogP) is 3.21. The van der Waals surface area contributed by atoms with Crippen LogP contribution in [0.4, 0.5) is 4.79 Å². The summed E-state index contributed by atoms with van der Waals surface area (Å²) in [6.07, 6.45) is 5.10. The fourth-order valence-electron chi connectivity index (χ4n) is 2.77. The van der Waals surface area contributed by atoms with Crippen molar-refractivity contribution in [3.63, 3.8) is 0 Å². The van der Waals surface area contributed by atoms with Crippen LogP contribution < -0.4 is 10.6 Å². The van der Waals surface area contributed by atoms with Crippen LogP contribution in [-0.4, -0.2) is 38.2 Å². The number of hydrogen-bond acceptors (Lipinski definition) is 6. The van der Waals surface area contributed by atoms with Gasteiger partial charge in [0.2, 0.25) is 5.91 Å². The number of imide groups is 1. The number of amides is 3. The SMILES string of the molecule is C=CCn1c(SC(C(=O)NC(=O)NCC)c2ccccc2)nnc1-c1ccncc1. The molecule has 9 heteroatoms. The second-order valence-electron chi connectivity index (χ2n) is 6.20. The third-order valence-corrected chi connectivity index (χ3v) is 5.34. The minimum Gasteiger partial charge on any atom is -0.338 e. The van der Waals surface area contributed by atoms with Crippen molar-refractivity contribution < 1.29 is 9.59 Å². The highest BCUT2D eigenvalue weighted by Crippen LogP contribution is 2.36. The molecule has 0 bridgehead atoms. The largest absolute Gasteiger partial charge is 0.338 e. The molecule has 0 aliphatic heterocycles. The van der Waals surface area contributed by atoms with Crippen LogP contribution in [0.3, 0.4) is 0 Å². The number of thioether (sulfide) groups is 1. The van der Waals surface area contributed by atoms with Gasteiger partial charge in [0.05, 0.1) is 0 Å². The van der Waals surface area contributed by atoms with E-state index in [4.69, 9.17) is 0 Å². The topological polar surface area (TPSA) is 102 Å². The molecule has 1 aromatic carbocycles. The summed E-state index contributed by atoms with van der Waals surface area (Å²) in [5.74, 6) is 0.214. The highest BCUT2D eigenvalue weighted by Gasteiger charge is 2.27. The van der Waals surface area contributed by atoms with E-state index in [1.54, 1.807) is 25.4 Å². The average Bonchev–Trinajstić information content (AvgIpc) is 3.16. The fraction of sp³-hybridized carbons (Fsp3) is 0.190. The highest BCUT2D eigenvalue weighted by molar-refractivity contribution is 8.00. The molecule has 1 atom stereocenters. The van der Waals surface area contributed by atoms with Gasteiger partial charge < -0.3 is 5.32 Å². The molecule has 0 aliphatic carbocycles. The number of nitrogens with zero attached hydrogens (tertiary/aromatic N) is 4. The van der Waals surface area contributed by atoms with E-state index >= 15 is 0 Å². The molecule has 2 N–H and O–H groups in total. The Labute approximate surface area is 178 Å². The summed E-state index contributed by atoms with van der Waals surface area (Å²) in [4.78, 5) is 28.8. The Hall–Kier alpha value is -3.46. The van der Waals surface area contributed by atoms with Gasteiger partial charge >= 0.3 is 6.03 Å². The van der Waals surface area contributed by atoms with Crippen molar-refractivity contribution in [2.45, 2.75) is 23.9 Å². The van der Waals surface area contributed by atoms with Crippen LogP contribution in [0.15, 0.2) is 72.7 Å². The minimum absolute atomic E-state index is 0.422. The van der Waals surface area contributed by atoms with Crippen LogP contribution in [0.25, 0.3) is 11.4 Å². The Balaban J connectivity index is 1.94.